The molecule has 0 aliphatic heterocycles. The minimum Gasteiger partial charge on any atom is -0.452 e. The lowest BCUT2D eigenvalue weighted by Gasteiger charge is -2.08. The summed E-state index contributed by atoms with van der Waals surface area (Å²) in [6.07, 6.45) is 1.93. The van der Waals surface area contributed by atoms with Crippen LogP contribution >= 0.6 is 0 Å². The number of fused-ring (bicyclic) bond motifs is 1. The highest BCUT2D eigenvalue weighted by Crippen LogP contribution is 2.19. The summed E-state index contributed by atoms with van der Waals surface area (Å²) < 4.78 is 5.08. The maximum absolute atomic E-state index is 12.1. The van der Waals surface area contributed by atoms with Crippen molar-refractivity contribution in [2.75, 3.05) is 13.2 Å². The Kier molecular flexibility index (Phi) is 5.32. The third kappa shape index (κ3) is 4.05. The predicted molar refractivity (Wildman–Crippen MR) is 82.1 cm³/mol. The second kappa shape index (κ2) is 7.43. The van der Waals surface area contributed by atoms with Crippen molar-refractivity contribution in [3.05, 3.63) is 48.0 Å². The van der Waals surface area contributed by atoms with Crippen molar-refractivity contribution in [3.63, 3.8) is 0 Å². The lowest BCUT2D eigenvalue weighted by molar-refractivity contribution is -0.124. The van der Waals surface area contributed by atoms with E-state index in [4.69, 9.17) is 4.74 Å². The van der Waals surface area contributed by atoms with Crippen LogP contribution in [0.2, 0.25) is 0 Å². The first-order valence-corrected chi connectivity index (χ1v) is 7.14. The first-order valence-electron chi connectivity index (χ1n) is 7.14. The fourth-order valence-electron chi connectivity index (χ4n) is 2.07. The van der Waals surface area contributed by atoms with Crippen molar-refractivity contribution >= 4 is 22.6 Å². The number of rotatable bonds is 6. The quantitative estimate of drug-likeness (QED) is 0.656. The Morgan fingerprint density at radius 2 is 1.86 bits per heavy atom. The fraction of sp³-hybridized carbons (Fsp3) is 0.294. The van der Waals surface area contributed by atoms with E-state index in [-0.39, 0.29) is 12.5 Å². The van der Waals surface area contributed by atoms with E-state index in [2.05, 4.69) is 5.32 Å². The number of hydrogen-bond acceptors (Lipinski definition) is 3. The van der Waals surface area contributed by atoms with Crippen molar-refractivity contribution in [2.24, 2.45) is 0 Å². The van der Waals surface area contributed by atoms with Gasteiger partial charge in [0.15, 0.2) is 6.61 Å². The highest BCUT2D eigenvalue weighted by atomic mass is 16.5. The van der Waals surface area contributed by atoms with E-state index >= 15 is 0 Å². The zero-order valence-electron chi connectivity index (χ0n) is 12.1. The zero-order chi connectivity index (χ0) is 15.1. The Hall–Kier alpha value is -2.36. The van der Waals surface area contributed by atoms with Crippen LogP contribution in [0.5, 0.6) is 0 Å². The number of esters is 1. The Balaban J connectivity index is 1.98. The molecule has 2 aromatic carbocycles. The molecule has 4 heteroatoms. The molecule has 21 heavy (non-hydrogen) atoms. The lowest BCUT2D eigenvalue weighted by Crippen LogP contribution is -2.29. The molecule has 0 radical (unpaired) electrons. The molecule has 0 saturated carbocycles. The van der Waals surface area contributed by atoms with Gasteiger partial charge in [0.1, 0.15) is 0 Å². The lowest BCUT2D eigenvalue weighted by atomic mass is 10.1. The van der Waals surface area contributed by atoms with Crippen LogP contribution in [0.25, 0.3) is 10.8 Å². The number of benzene rings is 2. The Labute approximate surface area is 124 Å². The van der Waals surface area contributed by atoms with E-state index in [1.807, 2.05) is 37.3 Å². The molecule has 0 unspecified atom stereocenters. The van der Waals surface area contributed by atoms with Crippen LogP contribution in [0.3, 0.4) is 0 Å². The van der Waals surface area contributed by atoms with Crippen LogP contribution in [-0.2, 0) is 9.53 Å². The molecule has 1 N–H and O–H groups in total. The van der Waals surface area contributed by atoms with Crippen molar-refractivity contribution in [3.8, 4) is 0 Å². The van der Waals surface area contributed by atoms with E-state index < -0.39 is 5.97 Å². The van der Waals surface area contributed by atoms with Gasteiger partial charge >= 0.3 is 5.97 Å². The molecular weight excluding hydrogens is 266 g/mol. The van der Waals surface area contributed by atoms with Crippen molar-refractivity contribution in [1.82, 2.24) is 5.32 Å². The molecule has 2 aromatic rings. The molecule has 0 aromatic heterocycles. The molecule has 0 heterocycles. The van der Waals surface area contributed by atoms with Gasteiger partial charge in [-0.2, -0.15) is 0 Å². The number of hydrogen-bond donors (Lipinski definition) is 1. The molecule has 4 nitrogen and oxygen atoms in total. The van der Waals surface area contributed by atoms with Gasteiger partial charge in [0, 0.05) is 6.54 Å². The number of amides is 1. The van der Waals surface area contributed by atoms with E-state index in [0.29, 0.717) is 12.1 Å². The Bertz CT molecular complexity index is 631. The van der Waals surface area contributed by atoms with Crippen molar-refractivity contribution in [1.29, 1.82) is 0 Å². The molecule has 0 atom stereocenters. The highest BCUT2D eigenvalue weighted by Gasteiger charge is 2.12. The smallest absolute Gasteiger partial charge is 0.339 e. The van der Waals surface area contributed by atoms with Crippen molar-refractivity contribution < 1.29 is 14.3 Å². The van der Waals surface area contributed by atoms with Gasteiger partial charge in [-0.25, -0.2) is 4.79 Å². The number of nitrogens with one attached hydrogen (secondary N) is 1. The van der Waals surface area contributed by atoms with Gasteiger partial charge in [0.2, 0.25) is 0 Å². The van der Waals surface area contributed by atoms with E-state index in [0.717, 1.165) is 23.6 Å². The molecular formula is C17H19NO3. The van der Waals surface area contributed by atoms with Crippen molar-refractivity contribution in [2.45, 2.75) is 19.8 Å². The highest BCUT2D eigenvalue weighted by molar-refractivity contribution is 6.04. The summed E-state index contributed by atoms with van der Waals surface area (Å²) in [5.41, 5.74) is 0.481. The third-order valence-corrected chi connectivity index (χ3v) is 3.20. The molecule has 1 amide bonds. The van der Waals surface area contributed by atoms with Crippen LogP contribution in [-0.4, -0.2) is 25.0 Å². The van der Waals surface area contributed by atoms with Crippen LogP contribution in [0.1, 0.15) is 30.1 Å². The first-order chi connectivity index (χ1) is 10.2. The monoisotopic (exact) mass is 285 g/mol. The summed E-state index contributed by atoms with van der Waals surface area (Å²) in [4.78, 5) is 23.6. The van der Waals surface area contributed by atoms with E-state index in [1.54, 1.807) is 12.1 Å². The number of carbonyl (C=O) groups is 2. The molecule has 0 aliphatic rings. The summed E-state index contributed by atoms with van der Waals surface area (Å²) in [6, 6.07) is 13.0. The summed E-state index contributed by atoms with van der Waals surface area (Å²) in [5, 5.41) is 4.51. The van der Waals surface area contributed by atoms with Gasteiger partial charge in [-0.15, -0.1) is 0 Å². The maximum atomic E-state index is 12.1. The second-order valence-electron chi connectivity index (χ2n) is 4.81. The number of carbonyl (C=O) groups excluding carboxylic acids is 2. The summed E-state index contributed by atoms with van der Waals surface area (Å²) in [6.45, 7) is 2.42. The summed E-state index contributed by atoms with van der Waals surface area (Å²) in [5.74, 6) is -0.741. The van der Waals surface area contributed by atoms with Crippen LogP contribution in [0, 0.1) is 0 Å². The normalized spacial score (nSPS) is 10.3. The zero-order valence-corrected chi connectivity index (χ0v) is 12.1. The predicted octanol–water partition coefficient (Wildman–Crippen LogP) is 2.91. The minimum absolute atomic E-state index is 0.244. The van der Waals surface area contributed by atoms with Gasteiger partial charge in [-0.3, -0.25) is 4.79 Å². The Morgan fingerprint density at radius 1 is 1.10 bits per heavy atom. The van der Waals surface area contributed by atoms with Gasteiger partial charge in [-0.05, 0) is 23.3 Å². The third-order valence-electron chi connectivity index (χ3n) is 3.20. The van der Waals surface area contributed by atoms with Gasteiger partial charge in [0.05, 0.1) is 5.56 Å². The molecule has 0 fully saturated rings. The minimum atomic E-state index is -0.475. The first kappa shape index (κ1) is 15.0. The molecule has 0 aliphatic carbocycles. The molecule has 110 valence electrons. The van der Waals surface area contributed by atoms with Gasteiger partial charge in [-0.1, -0.05) is 49.7 Å². The van der Waals surface area contributed by atoms with Crippen LogP contribution < -0.4 is 5.32 Å². The van der Waals surface area contributed by atoms with Gasteiger partial charge < -0.3 is 10.1 Å². The Morgan fingerprint density at radius 3 is 2.67 bits per heavy atom. The summed E-state index contributed by atoms with van der Waals surface area (Å²) >= 11 is 0. The maximum Gasteiger partial charge on any atom is 0.339 e. The standard InChI is InChI=1S/C17H19NO3/c1-2-3-11-18-16(19)12-21-17(20)15-10-6-8-13-7-4-5-9-14(13)15/h4-10H,2-3,11-12H2,1H3,(H,18,19). The number of unbranched alkanes of at least 4 members (excludes halogenated alkanes) is 1. The van der Waals surface area contributed by atoms with E-state index in [1.165, 1.54) is 0 Å². The fourth-order valence-corrected chi connectivity index (χ4v) is 2.07. The topological polar surface area (TPSA) is 55.4 Å². The molecule has 0 spiro atoms. The average molecular weight is 285 g/mol. The van der Waals surface area contributed by atoms with Crippen LogP contribution in [0.15, 0.2) is 42.5 Å². The van der Waals surface area contributed by atoms with E-state index in [9.17, 15) is 9.59 Å². The molecule has 2 rings (SSSR count). The summed E-state index contributed by atoms with van der Waals surface area (Å²) in [7, 11) is 0. The largest absolute Gasteiger partial charge is 0.452 e. The molecule has 0 saturated heterocycles. The van der Waals surface area contributed by atoms with Gasteiger partial charge in [0.25, 0.3) is 5.91 Å². The van der Waals surface area contributed by atoms with Crippen LogP contribution in [0.4, 0.5) is 0 Å². The number of ether oxygens (including phenoxy) is 1. The second-order valence-corrected chi connectivity index (χ2v) is 4.81. The SMILES string of the molecule is CCCCNC(=O)COC(=O)c1cccc2ccccc12. The molecule has 0 bridgehead atoms. The average Bonchev–Trinajstić information content (AvgIpc) is 2.52.